The van der Waals surface area contributed by atoms with Crippen LogP contribution in [0.5, 0.6) is 0 Å². The Balaban J connectivity index is 0.000000203. The maximum absolute atomic E-state index is 13.1. The minimum atomic E-state index is -0.720. The summed E-state index contributed by atoms with van der Waals surface area (Å²) in [4.78, 5) is 0. The molecule has 148 valence electrons. The lowest BCUT2D eigenvalue weighted by atomic mass is 9.99. The first-order chi connectivity index (χ1) is 13.4. The maximum atomic E-state index is 13.1. The van der Waals surface area contributed by atoms with Gasteiger partial charge in [-0.2, -0.15) is 0 Å². The van der Waals surface area contributed by atoms with Gasteiger partial charge in [0, 0.05) is 13.1 Å². The molecule has 2 N–H and O–H groups in total. The van der Waals surface area contributed by atoms with E-state index >= 15 is 0 Å². The fourth-order valence-corrected chi connectivity index (χ4v) is 2.68. The summed E-state index contributed by atoms with van der Waals surface area (Å²) in [5, 5.41) is 12.9. The van der Waals surface area contributed by atoms with Gasteiger partial charge in [0.15, 0.2) is 0 Å². The molecule has 0 unspecified atom stereocenters. The third-order valence-corrected chi connectivity index (χ3v) is 4.31. The van der Waals surface area contributed by atoms with Crippen molar-refractivity contribution in [1.29, 1.82) is 0 Å². The number of hydrogen-bond acceptors (Lipinski definition) is 2. The van der Waals surface area contributed by atoms with Crippen molar-refractivity contribution in [3.63, 3.8) is 0 Å². The molecule has 0 saturated heterocycles. The number of hydrogen-bond donors (Lipinski definition) is 2. The van der Waals surface area contributed by atoms with E-state index in [1.807, 2.05) is 18.2 Å². The Kier molecular flexibility index (Phi) is 8.86. The van der Waals surface area contributed by atoms with E-state index in [9.17, 15) is 9.50 Å². The summed E-state index contributed by atoms with van der Waals surface area (Å²) in [6.07, 6.45) is 1.16. The second-order valence-electron chi connectivity index (χ2n) is 7.48. The van der Waals surface area contributed by atoms with Crippen LogP contribution in [0.1, 0.15) is 37.0 Å². The van der Waals surface area contributed by atoms with Crippen LogP contribution in [-0.4, -0.2) is 10.7 Å². The third kappa shape index (κ3) is 8.94. The van der Waals surface area contributed by atoms with E-state index in [1.165, 1.54) is 17.2 Å². The predicted molar refractivity (Wildman–Crippen MR) is 114 cm³/mol. The van der Waals surface area contributed by atoms with Crippen LogP contribution in [0.25, 0.3) is 0 Å². The van der Waals surface area contributed by atoms with Crippen molar-refractivity contribution in [3.8, 4) is 0 Å². The zero-order valence-electron chi connectivity index (χ0n) is 16.7. The molecule has 0 saturated carbocycles. The molecule has 0 radical (unpaired) electrons. The largest absolute Gasteiger partial charge is 0.390 e. The highest BCUT2D eigenvalue weighted by Gasteiger charge is 2.13. The van der Waals surface area contributed by atoms with Crippen LogP contribution in [0.2, 0.25) is 0 Å². The van der Waals surface area contributed by atoms with Crippen LogP contribution in [0.4, 0.5) is 4.39 Å². The van der Waals surface area contributed by atoms with E-state index in [0.29, 0.717) is 18.4 Å². The molecule has 0 aliphatic carbocycles. The van der Waals surface area contributed by atoms with Gasteiger partial charge in [0.1, 0.15) is 5.82 Å². The van der Waals surface area contributed by atoms with Crippen LogP contribution < -0.4 is 5.32 Å². The van der Waals surface area contributed by atoms with Gasteiger partial charge in [-0.1, -0.05) is 78.9 Å². The minimum absolute atomic E-state index is 0.188. The smallest absolute Gasteiger partial charge is 0.126 e. The highest BCUT2D eigenvalue weighted by molar-refractivity contribution is 5.18. The number of aryl methyl sites for hydroxylation is 1. The first kappa shape index (κ1) is 21.8. The second-order valence-corrected chi connectivity index (χ2v) is 7.48. The van der Waals surface area contributed by atoms with E-state index in [2.05, 4.69) is 53.8 Å². The van der Waals surface area contributed by atoms with E-state index in [-0.39, 0.29) is 5.82 Å². The number of benzene rings is 3. The highest BCUT2D eigenvalue weighted by atomic mass is 19.1. The summed E-state index contributed by atoms with van der Waals surface area (Å²) in [6.45, 7) is 5.31. The van der Waals surface area contributed by atoms with Gasteiger partial charge in [-0.25, -0.2) is 4.39 Å². The number of aliphatic hydroxyl groups is 1. The van der Waals surface area contributed by atoms with Gasteiger partial charge < -0.3 is 10.4 Å². The SMILES string of the molecule is CC(C)(O)CCc1ccccc1F.c1ccc(CNCc2ccccc2)cc1. The zero-order valence-corrected chi connectivity index (χ0v) is 16.7. The average Bonchev–Trinajstić information content (AvgIpc) is 2.69. The van der Waals surface area contributed by atoms with E-state index in [1.54, 1.807) is 26.0 Å². The van der Waals surface area contributed by atoms with Crippen molar-refractivity contribution < 1.29 is 9.50 Å². The van der Waals surface area contributed by atoms with Gasteiger partial charge in [-0.15, -0.1) is 0 Å². The Hall–Kier alpha value is -2.49. The molecule has 0 aliphatic heterocycles. The van der Waals surface area contributed by atoms with Gasteiger partial charge >= 0.3 is 0 Å². The topological polar surface area (TPSA) is 32.3 Å². The van der Waals surface area contributed by atoms with Gasteiger partial charge in [0.05, 0.1) is 5.60 Å². The van der Waals surface area contributed by atoms with Crippen molar-refractivity contribution in [2.45, 2.75) is 45.4 Å². The molecule has 0 fully saturated rings. The molecule has 0 atom stereocenters. The Bertz CT molecular complexity index is 758. The molecule has 3 aromatic carbocycles. The Labute approximate surface area is 168 Å². The van der Waals surface area contributed by atoms with Crippen LogP contribution in [-0.2, 0) is 19.5 Å². The molecule has 0 spiro atoms. The molecule has 28 heavy (non-hydrogen) atoms. The normalized spacial score (nSPS) is 10.9. The second kappa shape index (κ2) is 11.4. The van der Waals surface area contributed by atoms with Crippen molar-refractivity contribution in [3.05, 3.63) is 107 Å². The fourth-order valence-electron chi connectivity index (χ4n) is 2.68. The van der Waals surface area contributed by atoms with Crippen LogP contribution in [0.15, 0.2) is 84.9 Å². The molecule has 0 bridgehead atoms. The number of nitrogens with one attached hydrogen (secondary N) is 1. The molecule has 3 aromatic rings. The van der Waals surface area contributed by atoms with Gasteiger partial charge in [0.2, 0.25) is 0 Å². The van der Waals surface area contributed by atoms with E-state index in [0.717, 1.165) is 13.1 Å². The standard InChI is InChI=1S/C14H15N.C11H15FO/c1-3-7-13(8-4-1)11-15-12-14-9-5-2-6-10-14;1-11(2,13)8-7-9-5-3-4-6-10(9)12/h1-10,15H,11-12H2;3-6,13H,7-8H2,1-2H3. The summed E-state index contributed by atoms with van der Waals surface area (Å²) in [5.41, 5.74) is 2.61. The Morgan fingerprint density at radius 3 is 1.68 bits per heavy atom. The van der Waals surface area contributed by atoms with Crippen LogP contribution in [0.3, 0.4) is 0 Å². The molecule has 0 aliphatic rings. The van der Waals surface area contributed by atoms with Crippen molar-refractivity contribution in [2.24, 2.45) is 0 Å². The molecule has 3 heteroatoms. The third-order valence-electron chi connectivity index (χ3n) is 4.31. The number of rotatable bonds is 7. The molecule has 0 amide bonds. The van der Waals surface area contributed by atoms with Gasteiger partial charge in [0.25, 0.3) is 0 Å². The maximum Gasteiger partial charge on any atom is 0.126 e. The lowest BCUT2D eigenvalue weighted by molar-refractivity contribution is 0.0712. The lowest BCUT2D eigenvalue weighted by Crippen LogP contribution is -2.19. The van der Waals surface area contributed by atoms with Crippen LogP contribution >= 0.6 is 0 Å². The van der Waals surface area contributed by atoms with Crippen LogP contribution in [0, 0.1) is 5.82 Å². The Morgan fingerprint density at radius 1 is 0.750 bits per heavy atom. The van der Waals surface area contributed by atoms with Crippen molar-refractivity contribution >= 4 is 0 Å². The monoisotopic (exact) mass is 379 g/mol. The summed E-state index contributed by atoms with van der Waals surface area (Å²) in [5.74, 6) is -0.188. The molecule has 2 nitrogen and oxygen atoms in total. The molecular formula is C25H30FNO. The first-order valence-corrected chi connectivity index (χ1v) is 9.68. The first-order valence-electron chi connectivity index (χ1n) is 9.68. The predicted octanol–water partition coefficient (Wildman–Crippen LogP) is 5.51. The molecule has 0 aromatic heterocycles. The summed E-state index contributed by atoms with van der Waals surface area (Å²) >= 11 is 0. The quantitative estimate of drug-likeness (QED) is 0.568. The Morgan fingerprint density at radius 2 is 1.21 bits per heavy atom. The summed E-state index contributed by atoms with van der Waals surface area (Å²) in [6, 6.07) is 27.6. The van der Waals surface area contributed by atoms with Crippen molar-refractivity contribution in [1.82, 2.24) is 5.32 Å². The molecular weight excluding hydrogens is 349 g/mol. The van der Waals surface area contributed by atoms with Crippen molar-refractivity contribution in [2.75, 3.05) is 0 Å². The fraction of sp³-hybridized carbons (Fsp3) is 0.280. The summed E-state index contributed by atoms with van der Waals surface area (Å²) in [7, 11) is 0. The van der Waals surface area contributed by atoms with E-state index < -0.39 is 5.60 Å². The summed E-state index contributed by atoms with van der Waals surface area (Å²) < 4.78 is 13.1. The van der Waals surface area contributed by atoms with E-state index in [4.69, 9.17) is 0 Å². The average molecular weight is 380 g/mol. The molecule has 0 heterocycles. The highest BCUT2D eigenvalue weighted by Crippen LogP contribution is 2.15. The zero-order chi connectivity index (χ0) is 20.2. The molecule has 3 rings (SSSR count). The van der Waals surface area contributed by atoms with Gasteiger partial charge in [-0.3, -0.25) is 0 Å². The lowest BCUT2D eigenvalue weighted by Gasteiger charge is -2.16. The number of halogens is 1. The van der Waals surface area contributed by atoms with Gasteiger partial charge in [-0.05, 0) is 49.4 Å². The minimum Gasteiger partial charge on any atom is -0.390 e.